The Kier molecular flexibility index (Phi) is 6.61. The van der Waals surface area contributed by atoms with Crippen LogP contribution in [-0.2, 0) is 20.9 Å². The Hall–Kier alpha value is -1.51. The molecule has 2 aliphatic rings. The van der Waals surface area contributed by atoms with Crippen LogP contribution in [0.15, 0.2) is 0 Å². The second-order valence-corrected chi connectivity index (χ2v) is 8.13. The highest BCUT2D eigenvalue weighted by Crippen LogP contribution is 2.40. The van der Waals surface area contributed by atoms with Crippen molar-refractivity contribution in [3.8, 4) is 0 Å². The van der Waals surface area contributed by atoms with Crippen LogP contribution < -0.4 is 11.1 Å². The van der Waals surface area contributed by atoms with Gasteiger partial charge in [0.15, 0.2) is 0 Å². The minimum Gasteiger partial charge on any atom is -0.469 e. The molecule has 0 aromatic carbocycles. The molecule has 0 atom stereocenters. The van der Waals surface area contributed by atoms with Crippen LogP contribution in [0.3, 0.4) is 0 Å². The number of nitrogens with zero attached hydrogens (tertiary/aromatic N) is 1. The second kappa shape index (κ2) is 8.92. The Labute approximate surface area is 157 Å². The third-order valence-corrected chi connectivity index (χ3v) is 6.48. The molecule has 26 heavy (non-hydrogen) atoms. The minimum atomic E-state index is -0.487. The molecule has 1 amide bonds. The van der Waals surface area contributed by atoms with Crippen molar-refractivity contribution < 1.29 is 19.1 Å². The van der Waals surface area contributed by atoms with Crippen molar-refractivity contribution in [3.63, 3.8) is 0 Å². The van der Waals surface area contributed by atoms with E-state index in [0.29, 0.717) is 12.3 Å². The number of carbonyl (C=O) groups excluding carboxylic acids is 2. The summed E-state index contributed by atoms with van der Waals surface area (Å²) in [6, 6.07) is 0. The van der Waals surface area contributed by atoms with Gasteiger partial charge in [-0.2, -0.15) is 0 Å². The summed E-state index contributed by atoms with van der Waals surface area (Å²) in [6.45, 7) is 2.38. The van der Waals surface area contributed by atoms with Crippen molar-refractivity contribution in [2.24, 2.45) is 11.7 Å². The van der Waals surface area contributed by atoms with Crippen LogP contribution in [0, 0.1) is 5.92 Å². The molecule has 1 aromatic heterocycles. The number of amides is 1. The molecule has 1 saturated heterocycles. The van der Waals surface area contributed by atoms with E-state index in [4.69, 9.17) is 15.2 Å². The quantitative estimate of drug-likeness (QED) is 0.730. The first kappa shape index (κ1) is 19.3. The number of rotatable bonds is 6. The van der Waals surface area contributed by atoms with Crippen LogP contribution in [0.1, 0.15) is 64.8 Å². The van der Waals surface area contributed by atoms with Gasteiger partial charge in [0, 0.05) is 4.88 Å². The maximum absolute atomic E-state index is 11.8. The van der Waals surface area contributed by atoms with Gasteiger partial charge in [-0.25, -0.2) is 4.98 Å². The first-order valence-electron chi connectivity index (χ1n) is 9.28. The van der Waals surface area contributed by atoms with Gasteiger partial charge >= 0.3 is 5.97 Å². The number of nitrogens with two attached hydrogens (primary N) is 1. The molecule has 1 aliphatic carbocycles. The average Bonchev–Trinajstić information content (AvgIpc) is 3.11. The summed E-state index contributed by atoms with van der Waals surface area (Å²) >= 11 is 1.53. The van der Waals surface area contributed by atoms with Gasteiger partial charge in [-0.3, -0.25) is 9.59 Å². The van der Waals surface area contributed by atoms with Crippen LogP contribution >= 0.6 is 11.3 Å². The van der Waals surface area contributed by atoms with Crippen molar-refractivity contribution in [1.82, 2.24) is 10.3 Å². The molecule has 0 unspecified atom stereocenters. The van der Waals surface area contributed by atoms with Crippen LogP contribution in [0.25, 0.3) is 0 Å². The number of methoxy groups -OCH3 is 1. The summed E-state index contributed by atoms with van der Waals surface area (Å²) in [5, 5.41) is 4.12. The van der Waals surface area contributed by atoms with Crippen molar-refractivity contribution in [2.45, 2.75) is 57.2 Å². The van der Waals surface area contributed by atoms with Gasteiger partial charge in [0.05, 0.1) is 25.7 Å². The highest BCUT2D eigenvalue weighted by Gasteiger charge is 2.31. The zero-order valence-corrected chi connectivity index (χ0v) is 16.0. The molecule has 3 N–H and O–H groups in total. The van der Waals surface area contributed by atoms with Crippen molar-refractivity contribution in [1.29, 1.82) is 0 Å². The van der Waals surface area contributed by atoms with Gasteiger partial charge in [0.1, 0.15) is 10.7 Å². The van der Waals surface area contributed by atoms with Crippen molar-refractivity contribution in [2.75, 3.05) is 20.2 Å². The third-order valence-electron chi connectivity index (χ3n) is 5.29. The van der Waals surface area contributed by atoms with E-state index in [2.05, 4.69) is 10.3 Å². The van der Waals surface area contributed by atoms with Crippen molar-refractivity contribution >= 4 is 23.2 Å². The fourth-order valence-corrected chi connectivity index (χ4v) is 4.97. The second-order valence-electron chi connectivity index (χ2n) is 7.02. The third kappa shape index (κ3) is 4.61. The maximum atomic E-state index is 11.8. The molecule has 8 heteroatoms. The Morgan fingerprint density at radius 2 is 1.88 bits per heavy atom. The monoisotopic (exact) mass is 381 g/mol. The largest absolute Gasteiger partial charge is 0.469 e. The molecule has 144 valence electrons. The van der Waals surface area contributed by atoms with Gasteiger partial charge in [0.2, 0.25) is 0 Å². The number of esters is 1. The lowest BCUT2D eigenvalue weighted by atomic mass is 9.81. The minimum absolute atomic E-state index is 0.0380. The van der Waals surface area contributed by atoms with Gasteiger partial charge < -0.3 is 20.5 Å². The number of nitrogens with one attached hydrogen (secondary N) is 1. The summed E-state index contributed by atoms with van der Waals surface area (Å²) in [6.07, 6.45) is 5.48. The molecule has 0 radical (unpaired) electrons. The summed E-state index contributed by atoms with van der Waals surface area (Å²) in [4.78, 5) is 28.9. The molecule has 1 aromatic rings. The van der Waals surface area contributed by atoms with Crippen LogP contribution in [-0.4, -0.2) is 43.2 Å². The number of primary amides is 1. The lowest BCUT2D eigenvalue weighted by Gasteiger charge is -2.26. The zero-order chi connectivity index (χ0) is 18.5. The zero-order valence-electron chi connectivity index (χ0n) is 15.2. The standard InChI is InChI=1S/C18H27N3O4S/c1-24-18(23)12-4-2-11(3-5-12)16-15(17(19)22)21-14(26-16)10-25-13-6-8-20-9-7-13/h11-13,20H,2-10H2,1H3,(H2,19,22). The number of carbonyl (C=O) groups is 2. The predicted molar refractivity (Wildman–Crippen MR) is 98.0 cm³/mol. The Morgan fingerprint density at radius 3 is 2.50 bits per heavy atom. The fourth-order valence-electron chi connectivity index (χ4n) is 3.80. The van der Waals surface area contributed by atoms with E-state index in [1.54, 1.807) is 0 Å². The van der Waals surface area contributed by atoms with E-state index in [0.717, 1.165) is 61.5 Å². The van der Waals surface area contributed by atoms with E-state index in [1.165, 1.54) is 18.4 Å². The molecule has 1 aliphatic heterocycles. The Bertz CT molecular complexity index is 634. The summed E-state index contributed by atoms with van der Waals surface area (Å²) < 4.78 is 10.8. The first-order valence-corrected chi connectivity index (χ1v) is 10.1. The maximum Gasteiger partial charge on any atom is 0.308 e. The van der Waals surface area contributed by atoms with E-state index in [1.807, 2.05) is 0 Å². The average molecular weight is 381 g/mol. The molecule has 2 fully saturated rings. The lowest BCUT2D eigenvalue weighted by Crippen LogP contribution is -2.32. The normalized spacial score (nSPS) is 24.3. The summed E-state index contributed by atoms with van der Waals surface area (Å²) in [5.74, 6) is -0.439. The molecule has 3 rings (SSSR count). The smallest absolute Gasteiger partial charge is 0.308 e. The number of thiazole rings is 1. The molecule has 7 nitrogen and oxygen atoms in total. The predicted octanol–water partition coefficient (Wildman–Crippen LogP) is 1.96. The summed E-state index contributed by atoms with van der Waals surface area (Å²) in [5.41, 5.74) is 5.93. The highest BCUT2D eigenvalue weighted by atomic mass is 32.1. The molecule has 2 heterocycles. The van der Waals surface area contributed by atoms with Crippen molar-refractivity contribution in [3.05, 3.63) is 15.6 Å². The highest BCUT2D eigenvalue weighted by molar-refractivity contribution is 7.12. The number of aromatic nitrogens is 1. The van der Waals surface area contributed by atoms with Crippen LogP contribution in [0.4, 0.5) is 0 Å². The van der Waals surface area contributed by atoms with Gasteiger partial charge in [0.25, 0.3) is 5.91 Å². The molecular weight excluding hydrogens is 354 g/mol. The Balaban J connectivity index is 1.64. The molecule has 0 bridgehead atoms. The lowest BCUT2D eigenvalue weighted by molar-refractivity contribution is -0.146. The number of piperidine rings is 1. The molecular formula is C18H27N3O4S. The van der Waals surface area contributed by atoms with Crippen LogP contribution in [0.2, 0.25) is 0 Å². The number of ether oxygens (including phenoxy) is 2. The van der Waals surface area contributed by atoms with Gasteiger partial charge in [-0.15, -0.1) is 11.3 Å². The van der Waals surface area contributed by atoms with Crippen LogP contribution in [0.5, 0.6) is 0 Å². The fraction of sp³-hybridized carbons (Fsp3) is 0.722. The first-order chi connectivity index (χ1) is 12.6. The van der Waals surface area contributed by atoms with E-state index in [-0.39, 0.29) is 23.9 Å². The van der Waals surface area contributed by atoms with Gasteiger partial charge in [-0.1, -0.05) is 0 Å². The SMILES string of the molecule is COC(=O)C1CCC(c2sc(COC3CCNCC3)nc2C(N)=O)CC1. The number of hydrogen-bond donors (Lipinski definition) is 2. The Morgan fingerprint density at radius 1 is 1.19 bits per heavy atom. The van der Waals surface area contributed by atoms with E-state index in [9.17, 15) is 9.59 Å². The summed E-state index contributed by atoms with van der Waals surface area (Å²) in [7, 11) is 1.43. The van der Waals surface area contributed by atoms with E-state index < -0.39 is 5.91 Å². The van der Waals surface area contributed by atoms with E-state index >= 15 is 0 Å². The van der Waals surface area contributed by atoms with Gasteiger partial charge in [-0.05, 0) is 57.5 Å². The number of hydrogen-bond acceptors (Lipinski definition) is 7. The molecule has 1 saturated carbocycles. The topological polar surface area (TPSA) is 104 Å². The molecule has 0 spiro atoms.